The minimum Gasteiger partial charge on any atom is -0.325 e. The van der Waals surface area contributed by atoms with Gasteiger partial charge >= 0.3 is 0 Å². The van der Waals surface area contributed by atoms with Gasteiger partial charge in [0.2, 0.25) is 11.8 Å². The van der Waals surface area contributed by atoms with Crippen molar-refractivity contribution in [3.63, 3.8) is 0 Å². The molecule has 210 valence electrons. The van der Waals surface area contributed by atoms with Gasteiger partial charge in [-0.1, -0.05) is 37.5 Å². The van der Waals surface area contributed by atoms with Crippen LogP contribution in [0.15, 0.2) is 41.9 Å². The third-order valence-electron chi connectivity index (χ3n) is 6.66. The van der Waals surface area contributed by atoms with Crippen LogP contribution in [-0.2, 0) is 22.4 Å². The van der Waals surface area contributed by atoms with Gasteiger partial charge in [-0.05, 0) is 57.0 Å². The molecule has 1 aliphatic heterocycles. The molecule has 0 atom stereocenters. The minimum absolute atomic E-state index is 0. The third-order valence-corrected chi connectivity index (χ3v) is 7.68. The predicted molar refractivity (Wildman–Crippen MR) is 160 cm³/mol. The highest BCUT2D eigenvalue weighted by molar-refractivity contribution is 7.19. The highest BCUT2D eigenvalue weighted by atomic mass is 32.1. The Morgan fingerprint density at radius 2 is 2.00 bits per heavy atom. The first-order valence-corrected chi connectivity index (χ1v) is 13.7. The Labute approximate surface area is 237 Å². The number of aliphatic imine (C=N–C) groups is 1. The van der Waals surface area contributed by atoms with Crippen LogP contribution in [0.1, 0.15) is 44.1 Å². The number of hydrogen-bond acceptors (Lipinski definition) is 7. The maximum atomic E-state index is 15.7. The average molecular weight is 564 g/mol. The normalized spacial score (nSPS) is 14.9. The number of aromatic nitrogens is 3. The fourth-order valence-corrected chi connectivity index (χ4v) is 6.15. The van der Waals surface area contributed by atoms with Gasteiger partial charge in [0, 0.05) is 37.0 Å². The molecule has 1 aliphatic carbocycles. The number of benzene rings is 1. The molecule has 9 nitrogen and oxygen atoms in total. The highest BCUT2D eigenvalue weighted by Crippen LogP contribution is 2.43. The monoisotopic (exact) mass is 563 g/mol. The average Bonchev–Trinajstić information content (AvgIpc) is 3.62. The van der Waals surface area contributed by atoms with Crippen molar-refractivity contribution >= 4 is 45.8 Å². The van der Waals surface area contributed by atoms with E-state index in [1.807, 2.05) is 6.08 Å². The van der Waals surface area contributed by atoms with E-state index >= 15 is 4.39 Å². The van der Waals surface area contributed by atoms with Gasteiger partial charge in [0.15, 0.2) is 10.9 Å². The number of nitrogens with one attached hydrogen (secondary N) is 2. The van der Waals surface area contributed by atoms with Gasteiger partial charge in [0.05, 0.1) is 28.5 Å². The van der Waals surface area contributed by atoms with Gasteiger partial charge in [-0.25, -0.2) is 14.1 Å². The van der Waals surface area contributed by atoms with Crippen LogP contribution in [0.2, 0.25) is 0 Å². The number of nitrogens with zero attached hydrogens (tertiary/aromatic N) is 5. The maximum Gasteiger partial charge on any atom is 0.238 e. The topological polar surface area (TPSA) is 105 Å². The lowest BCUT2D eigenvalue weighted by molar-refractivity contribution is -0.117. The Morgan fingerprint density at radius 1 is 1.23 bits per heavy atom. The molecule has 0 unspecified atom stereocenters. The van der Waals surface area contributed by atoms with Gasteiger partial charge in [-0.3, -0.25) is 19.5 Å². The van der Waals surface area contributed by atoms with E-state index in [1.54, 1.807) is 36.2 Å². The van der Waals surface area contributed by atoms with E-state index in [2.05, 4.69) is 32.1 Å². The molecule has 1 aromatic carbocycles. The number of hydrogen-bond donors (Lipinski definition) is 2. The molecule has 0 bridgehead atoms. The Bertz CT molecular complexity index is 1500. The van der Waals surface area contributed by atoms with Crippen LogP contribution >= 0.6 is 11.3 Å². The molecule has 5 rings (SSSR count). The molecule has 2 N–H and O–H groups in total. The van der Waals surface area contributed by atoms with Crippen molar-refractivity contribution in [1.29, 1.82) is 0 Å². The van der Waals surface area contributed by atoms with Crippen LogP contribution in [0, 0.1) is 5.82 Å². The fourth-order valence-electron chi connectivity index (χ4n) is 5.03. The number of anilines is 2. The van der Waals surface area contributed by atoms with Crippen LogP contribution in [0.3, 0.4) is 0 Å². The van der Waals surface area contributed by atoms with Crippen molar-refractivity contribution in [3.05, 3.63) is 59.7 Å². The zero-order chi connectivity index (χ0) is 27.5. The van der Waals surface area contributed by atoms with Crippen molar-refractivity contribution in [2.45, 2.75) is 40.0 Å². The Hall–Kier alpha value is -3.96. The smallest absolute Gasteiger partial charge is 0.238 e. The molecule has 2 amide bonds. The summed E-state index contributed by atoms with van der Waals surface area (Å²) in [7, 11) is 1.68. The number of rotatable bonds is 8. The lowest BCUT2D eigenvalue weighted by Gasteiger charge is -2.16. The van der Waals surface area contributed by atoms with Gasteiger partial charge in [-0.15, -0.1) is 0 Å². The lowest BCUT2D eigenvalue weighted by Crippen LogP contribution is -2.30. The van der Waals surface area contributed by atoms with Crippen molar-refractivity contribution < 1.29 is 14.0 Å². The maximum absolute atomic E-state index is 15.7. The number of carbonyl (C=O) groups is 2. The molecular weight excluding hydrogens is 529 g/mol. The van der Waals surface area contributed by atoms with Gasteiger partial charge < -0.3 is 10.6 Å². The second kappa shape index (κ2) is 12.5. The third kappa shape index (κ3) is 5.95. The number of aryl methyl sites for hydroxylation is 1. The van der Waals surface area contributed by atoms with E-state index in [9.17, 15) is 9.59 Å². The predicted octanol–water partition coefficient (Wildman–Crippen LogP) is 5.13. The number of allylic oxidation sites excluding steroid dienone is 3. The molecule has 2 aliphatic rings. The SMILES string of the molecule is C.C=C/C=C(\C=NC)c1nn(-c2ccc(NC(=O)CN3CCCC3)cc2F)c2c1CCc1nc(NC(C)=O)sc1-2. The molecule has 2 aromatic heterocycles. The number of amides is 2. The van der Waals surface area contributed by atoms with Gasteiger partial charge in [0.25, 0.3) is 0 Å². The molecule has 0 radical (unpaired) electrons. The second-order valence-corrected chi connectivity index (χ2v) is 10.5. The van der Waals surface area contributed by atoms with E-state index in [1.165, 1.54) is 24.3 Å². The number of carbonyl (C=O) groups excluding carboxylic acids is 2. The Balaban J connectivity index is 0.00000370. The summed E-state index contributed by atoms with van der Waals surface area (Å²) in [5.41, 5.74) is 4.55. The summed E-state index contributed by atoms with van der Waals surface area (Å²) in [6.07, 6.45) is 8.67. The van der Waals surface area contributed by atoms with Crippen molar-refractivity contribution in [2.75, 3.05) is 37.3 Å². The van der Waals surface area contributed by atoms with E-state index in [0.717, 1.165) is 53.3 Å². The number of halogens is 1. The standard InChI is InChI=1S/C28H30FN7O2S.CH4/c1-4-7-18(15-30-3)25-20-9-10-22-27(39-28(33-22)31-17(2)37)26(20)36(34-25)23-11-8-19(14-21(23)29)32-24(38)16-35-12-5-6-13-35;/h4,7-8,11,14-15H,1,5-6,9-10,12-13,16H2,2-3H3,(H,32,38)(H,31,33,37);1H4/b18-7+,30-15?;. The van der Waals surface area contributed by atoms with Crippen LogP contribution < -0.4 is 10.6 Å². The van der Waals surface area contributed by atoms with E-state index in [0.29, 0.717) is 35.9 Å². The van der Waals surface area contributed by atoms with Crippen molar-refractivity contribution in [2.24, 2.45) is 4.99 Å². The van der Waals surface area contributed by atoms with Crippen molar-refractivity contribution in [1.82, 2.24) is 19.7 Å². The Morgan fingerprint density at radius 3 is 2.67 bits per heavy atom. The number of fused-ring (bicyclic) bond motifs is 3. The quantitative estimate of drug-likeness (QED) is 0.292. The summed E-state index contributed by atoms with van der Waals surface area (Å²) in [4.78, 5) is 35.9. The fraction of sp³-hybridized carbons (Fsp3) is 0.345. The summed E-state index contributed by atoms with van der Waals surface area (Å²) in [5, 5.41) is 10.9. The van der Waals surface area contributed by atoms with Crippen LogP contribution in [0.4, 0.5) is 15.2 Å². The molecule has 3 aromatic rings. The summed E-state index contributed by atoms with van der Waals surface area (Å²) in [6, 6.07) is 4.62. The number of thiazole rings is 1. The molecule has 0 saturated carbocycles. The van der Waals surface area contributed by atoms with E-state index in [4.69, 9.17) is 5.10 Å². The minimum atomic E-state index is -0.525. The summed E-state index contributed by atoms with van der Waals surface area (Å²) in [5.74, 6) is -0.900. The molecular formula is C29H34FN7O2S. The van der Waals surface area contributed by atoms with Gasteiger partial charge in [-0.2, -0.15) is 5.10 Å². The molecule has 1 fully saturated rings. The Kier molecular flexibility index (Phi) is 9.06. The zero-order valence-electron chi connectivity index (χ0n) is 22.0. The summed E-state index contributed by atoms with van der Waals surface area (Å²) >= 11 is 1.34. The number of likely N-dealkylation sites (tertiary alicyclic amines) is 1. The summed E-state index contributed by atoms with van der Waals surface area (Å²) < 4.78 is 17.3. The molecule has 40 heavy (non-hydrogen) atoms. The highest BCUT2D eigenvalue weighted by Gasteiger charge is 2.31. The molecule has 3 heterocycles. The lowest BCUT2D eigenvalue weighted by atomic mass is 9.95. The largest absolute Gasteiger partial charge is 0.325 e. The first kappa shape index (κ1) is 29.0. The molecule has 11 heteroatoms. The van der Waals surface area contributed by atoms with Crippen LogP contribution in [0.5, 0.6) is 0 Å². The van der Waals surface area contributed by atoms with Crippen LogP contribution in [-0.4, -0.2) is 64.4 Å². The van der Waals surface area contributed by atoms with Gasteiger partial charge in [0.1, 0.15) is 5.69 Å². The van der Waals surface area contributed by atoms with Crippen LogP contribution in [0.25, 0.3) is 21.8 Å². The summed E-state index contributed by atoms with van der Waals surface area (Å²) in [6.45, 7) is 7.35. The van der Waals surface area contributed by atoms with E-state index < -0.39 is 5.82 Å². The van der Waals surface area contributed by atoms with E-state index in [-0.39, 0.29) is 24.9 Å². The molecule has 1 saturated heterocycles. The zero-order valence-corrected chi connectivity index (χ0v) is 22.8. The molecule has 0 spiro atoms. The van der Waals surface area contributed by atoms with Crippen molar-refractivity contribution in [3.8, 4) is 16.3 Å². The first-order valence-electron chi connectivity index (χ1n) is 12.8. The second-order valence-electron chi connectivity index (χ2n) is 9.51. The first-order chi connectivity index (χ1) is 18.9.